The van der Waals surface area contributed by atoms with Gasteiger partial charge in [-0.25, -0.2) is 4.57 Å². The van der Waals surface area contributed by atoms with Crippen molar-refractivity contribution in [2.75, 3.05) is 24.5 Å². The lowest BCUT2D eigenvalue weighted by Gasteiger charge is -2.24. The maximum absolute atomic E-state index is 5.58. The molecule has 0 amide bonds. The summed E-state index contributed by atoms with van der Waals surface area (Å²) >= 11 is 0. The summed E-state index contributed by atoms with van der Waals surface area (Å²) in [7, 11) is 0. The van der Waals surface area contributed by atoms with Crippen molar-refractivity contribution in [3.63, 3.8) is 0 Å². The molecule has 0 saturated heterocycles. The van der Waals surface area contributed by atoms with Crippen LogP contribution in [0.15, 0.2) is 48.8 Å². The Morgan fingerprint density at radius 2 is 1.38 bits per heavy atom. The Balaban J connectivity index is 2.00. The monoisotopic (exact) mass is 352 g/mol. The van der Waals surface area contributed by atoms with Gasteiger partial charge in [-0.2, -0.15) is 0 Å². The standard InChI is InChI=1S/C23H34N3/c1-3-5-16-26(17-6-4-2)23-11-9-21(10-12-23)7-8-22-13-18-25(19-14-22)20-15-24/h7-14,18-19H,3-6,15-17,20,24H2,1-2H3/q+1. The van der Waals surface area contributed by atoms with E-state index >= 15 is 0 Å². The number of nitrogens with zero attached hydrogens (tertiary/aromatic N) is 2. The Morgan fingerprint density at radius 1 is 0.846 bits per heavy atom. The second kappa shape index (κ2) is 11.5. The summed E-state index contributed by atoms with van der Waals surface area (Å²) in [6.45, 7) is 8.34. The molecule has 0 unspecified atom stereocenters. The second-order valence-corrected chi connectivity index (χ2v) is 6.78. The molecular weight excluding hydrogens is 318 g/mol. The fourth-order valence-electron chi connectivity index (χ4n) is 2.93. The lowest BCUT2D eigenvalue weighted by Crippen LogP contribution is -2.36. The van der Waals surface area contributed by atoms with Gasteiger partial charge in [0, 0.05) is 30.9 Å². The summed E-state index contributed by atoms with van der Waals surface area (Å²) < 4.78 is 2.10. The van der Waals surface area contributed by atoms with Gasteiger partial charge in [0.1, 0.15) is 0 Å². The molecular formula is C23H34N3+. The first-order valence-corrected chi connectivity index (χ1v) is 9.99. The molecule has 0 aliphatic heterocycles. The zero-order valence-corrected chi connectivity index (χ0v) is 16.4. The highest BCUT2D eigenvalue weighted by molar-refractivity contribution is 5.70. The molecule has 2 N–H and O–H groups in total. The van der Waals surface area contributed by atoms with Crippen LogP contribution in [0, 0.1) is 0 Å². The Labute approximate surface area is 159 Å². The van der Waals surface area contributed by atoms with E-state index in [2.05, 4.69) is 84.3 Å². The highest BCUT2D eigenvalue weighted by Gasteiger charge is 2.05. The summed E-state index contributed by atoms with van der Waals surface area (Å²) in [6, 6.07) is 13.2. The maximum Gasteiger partial charge on any atom is 0.169 e. The number of benzene rings is 1. The Hall–Kier alpha value is -2.13. The van der Waals surface area contributed by atoms with Crippen molar-refractivity contribution in [1.82, 2.24) is 0 Å². The van der Waals surface area contributed by atoms with Crippen LogP contribution < -0.4 is 15.2 Å². The van der Waals surface area contributed by atoms with Gasteiger partial charge in [-0.05, 0) is 36.1 Å². The van der Waals surface area contributed by atoms with E-state index in [0.29, 0.717) is 6.54 Å². The van der Waals surface area contributed by atoms with E-state index in [1.54, 1.807) is 0 Å². The zero-order chi connectivity index (χ0) is 18.6. The van der Waals surface area contributed by atoms with Gasteiger partial charge in [-0.3, -0.25) is 0 Å². The molecule has 2 aromatic rings. The molecule has 0 spiro atoms. The van der Waals surface area contributed by atoms with E-state index in [1.807, 2.05) is 0 Å². The van der Waals surface area contributed by atoms with Gasteiger partial charge in [0.2, 0.25) is 0 Å². The van der Waals surface area contributed by atoms with Gasteiger partial charge < -0.3 is 10.6 Å². The highest BCUT2D eigenvalue weighted by atomic mass is 15.1. The molecule has 0 fully saturated rings. The van der Waals surface area contributed by atoms with E-state index in [0.717, 1.165) is 19.6 Å². The first-order chi connectivity index (χ1) is 12.8. The summed E-state index contributed by atoms with van der Waals surface area (Å²) in [6.07, 6.45) is 13.5. The van der Waals surface area contributed by atoms with E-state index in [4.69, 9.17) is 5.73 Å². The molecule has 2 rings (SSSR count). The second-order valence-electron chi connectivity index (χ2n) is 6.78. The number of aromatic nitrogens is 1. The molecule has 3 nitrogen and oxygen atoms in total. The first-order valence-electron chi connectivity index (χ1n) is 9.99. The van der Waals surface area contributed by atoms with E-state index < -0.39 is 0 Å². The van der Waals surface area contributed by atoms with Crippen molar-refractivity contribution in [3.8, 4) is 0 Å². The van der Waals surface area contributed by atoms with Crippen LogP contribution in [0.25, 0.3) is 12.2 Å². The number of hydrogen-bond acceptors (Lipinski definition) is 2. The van der Waals surface area contributed by atoms with Gasteiger partial charge in [0.25, 0.3) is 0 Å². The van der Waals surface area contributed by atoms with Crippen molar-refractivity contribution >= 4 is 17.8 Å². The van der Waals surface area contributed by atoms with E-state index in [1.165, 1.54) is 42.5 Å². The van der Waals surface area contributed by atoms with Crippen molar-refractivity contribution < 1.29 is 4.57 Å². The van der Waals surface area contributed by atoms with Crippen molar-refractivity contribution in [2.24, 2.45) is 5.73 Å². The fraction of sp³-hybridized carbons (Fsp3) is 0.435. The third-order valence-electron chi connectivity index (χ3n) is 4.59. The molecule has 140 valence electrons. The molecule has 0 radical (unpaired) electrons. The quantitative estimate of drug-likeness (QED) is 0.604. The van der Waals surface area contributed by atoms with Crippen LogP contribution in [0.4, 0.5) is 5.69 Å². The summed E-state index contributed by atoms with van der Waals surface area (Å²) in [5.41, 5.74) is 9.36. The predicted octanol–water partition coefficient (Wildman–Crippen LogP) is 4.51. The van der Waals surface area contributed by atoms with Gasteiger partial charge in [-0.15, -0.1) is 0 Å². The lowest BCUT2D eigenvalue weighted by atomic mass is 10.1. The smallest absolute Gasteiger partial charge is 0.169 e. The van der Waals surface area contributed by atoms with Crippen molar-refractivity contribution in [2.45, 2.75) is 46.1 Å². The summed E-state index contributed by atoms with van der Waals surface area (Å²) in [4.78, 5) is 2.52. The molecule has 0 aliphatic rings. The number of nitrogens with two attached hydrogens (primary N) is 1. The summed E-state index contributed by atoms with van der Waals surface area (Å²) in [5.74, 6) is 0. The van der Waals surface area contributed by atoms with Gasteiger partial charge in [0.15, 0.2) is 18.9 Å². The number of anilines is 1. The van der Waals surface area contributed by atoms with Crippen molar-refractivity contribution in [3.05, 3.63) is 59.9 Å². The van der Waals surface area contributed by atoms with E-state index in [-0.39, 0.29) is 0 Å². The predicted molar refractivity (Wildman–Crippen MR) is 113 cm³/mol. The van der Waals surface area contributed by atoms with Crippen LogP contribution in [-0.4, -0.2) is 19.6 Å². The first kappa shape index (κ1) is 20.2. The van der Waals surface area contributed by atoms with Crippen LogP contribution in [0.1, 0.15) is 50.7 Å². The maximum atomic E-state index is 5.58. The third-order valence-corrected chi connectivity index (χ3v) is 4.59. The minimum atomic E-state index is 0.666. The SMILES string of the molecule is CCCCN(CCCC)c1ccc(/C=C/c2cc[n+](CCN)cc2)cc1. The zero-order valence-electron chi connectivity index (χ0n) is 16.4. The fourth-order valence-corrected chi connectivity index (χ4v) is 2.93. The van der Waals surface area contributed by atoms with Crippen LogP contribution >= 0.6 is 0 Å². The Bertz CT molecular complexity index is 636. The molecule has 1 aromatic heterocycles. The molecule has 1 aromatic carbocycles. The van der Waals surface area contributed by atoms with Crippen LogP contribution in [0.3, 0.4) is 0 Å². The van der Waals surface area contributed by atoms with Crippen LogP contribution in [-0.2, 0) is 6.54 Å². The van der Waals surface area contributed by atoms with Gasteiger partial charge in [0.05, 0.1) is 6.54 Å². The number of unbranched alkanes of at least 4 members (excludes halogenated alkanes) is 2. The minimum absolute atomic E-state index is 0.666. The van der Waals surface area contributed by atoms with E-state index in [9.17, 15) is 0 Å². The topological polar surface area (TPSA) is 33.1 Å². The lowest BCUT2D eigenvalue weighted by molar-refractivity contribution is -0.694. The van der Waals surface area contributed by atoms with Crippen LogP contribution in [0.2, 0.25) is 0 Å². The summed E-state index contributed by atoms with van der Waals surface area (Å²) in [5, 5.41) is 0. The normalized spacial score (nSPS) is 11.2. The molecule has 0 aliphatic carbocycles. The molecule has 1 heterocycles. The number of hydrogen-bond donors (Lipinski definition) is 1. The molecule has 0 bridgehead atoms. The highest BCUT2D eigenvalue weighted by Crippen LogP contribution is 2.18. The van der Waals surface area contributed by atoms with Crippen molar-refractivity contribution in [1.29, 1.82) is 0 Å². The van der Waals surface area contributed by atoms with Gasteiger partial charge in [-0.1, -0.05) is 51.0 Å². The number of rotatable bonds is 11. The van der Waals surface area contributed by atoms with Crippen LogP contribution in [0.5, 0.6) is 0 Å². The minimum Gasteiger partial charge on any atom is -0.372 e. The Morgan fingerprint density at radius 3 is 1.88 bits per heavy atom. The number of pyridine rings is 1. The molecule has 0 saturated carbocycles. The average Bonchev–Trinajstić information content (AvgIpc) is 2.68. The largest absolute Gasteiger partial charge is 0.372 e. The molecule has 26 heavy (non-hydrogen) atoms. The Kier molecular flexibility index (Phi) is 8.91. The molecule has 3 heteroatoms. The van der Waals surface area contributed by atoms with Gasteiger partial charge >= 0.3 is 0 Å². The average molecular weight is 353 g/mol. The molecule has 0 atom stereocenters. The third kappa shape index (κ3) is 6.64.